The zero-order valence-electron chi connectivity index (χ0n) is 13.1. The van der Waals surface area contributed by atoms with E-state index in [2.05, 4.69) is 6.08 Å². The van der Waals surface area contributed by atoms with Gasteiger partial charge in [-0.25, -0.2) is 0 Å². The van der Waals surface area contributed by atoms with Gasteiger partial charge in [0.25, 0.3) is 0 Å². The van der Waals surface area contributed by atoms with Crippen LogP contribution in [0.15, 0.2) is 12.2 Å². The number of ether oxygens (including phenoxy) is 1. The van der Waals surface area contributed by atoms with Gasteiger partial charge < -0.3 is 9.84 Å². The van der Waals surface area contributed by atoms with Crippen LogP contribution in [0.5, 0.6) is 0 Å². The number of esters is 1. The van der Waals surface area contributed by atoms with Crippen molar-refractivity contribution in [3.63, 3.8) is 0 Å². The van der Waals surface area contributed by atoms with E-state index >= 15 is 0 Å². The molecular weight excluding hydrogens is 252 g/mol. The van der Waals surface area contributed by atoms with Gasteiger partial charge in [0, 0.05) is 0 Å². The van der Waals surface area contributed by atoms with E-state index in [0.29, 0.717) is 6.42 Å². The summed E-state index contributed by atoms with van der Waals surface area (Å²) in [6, 6.07) is 0. The molecule has 3 heteroatoms. The van der Waals surface area contributed by atoms with E-state index in [-0.39, 0.29) is 5.97 Å². The van der Waals surface area contributed by atoms with Gasteiger partial charge in [0.1, 0.15) is 11.2 Å². The second kappa shape index (κ2) is 5.51. The van der Waals surface area contributed by atoms with Crippen LogP contribution in [0, 0.1) is 5.41 Å². The Bertz CT molecular complexity index is 399. The van der Waals surface area contributed by atoms with Crippen LogP contribution >= 0.6 is 0 Å². The Kier molecular flexibility index (Phi) is 4.29. The van der Waals surface area contributed by atoms with Crippen molar-refractivity contribution in [2.75, 3.05) is 0 Å². The Morgan fingerprint density at radius 3 is 2.65 bits per heavy atom. The molecule has 1 N–H and O–H groups in total. The molecule has 0 amide bonds. The van der Waals surface area contributed by atoms with Crippen molar-refractivity contribution in [2.45, 2.75) is 83.3 Å². The summed E-state index contributed by atoms with van der Waals surface area (Å²) in [5.41, 5.74) is -2.04. The molecule has 0 aromatic carbocycles. The molecule has 20 heavy (non-hydrogen) atoms. The molecule has 0 bridgehead atoms. The topological polar surface area (TPSA) is 46.5 Å². The average molecular weight is 280 g/mol. The SMILES string of the molecule is CCC(C)(C)C(=O)OC12CCC=CCC1(O)CCCC2. The van der Waals surface area contributed by atoms with Crippen LogP contribution in [0.2, 0.25) is 0 Å². The Morgan fingerprint density at radius 1 is 1.25 bits per heavy atom. The number of fused-ring (bicyclic) bond motifs is 1. The van der Waals surface area contributed by atoms with Crippen LogP contribution in [-0.2, 0) is 9.53 Å². The first-order valence-electron chi connectivity index (χ1n) is 7.96. The summed E-state index contributed by atoms with van der Waals surface area (Å²) in [6.45, 7) is 5.84. The van der Waals surface area contributed by atoms with Crippen molar-refractivity contribution in [2.24, 2.45) is 5.41 Å². The number of allylic oxidation sites excluding steroid dienone is 1. The fourth-order valence-corrected chi connectivity index (χ4v) is 3.30. The second-order valence-corrected chi connectivity index (χ2v) is 7.07. The van der Waals surface area contributed by atoms with Gasteiger partial charge in [-0.1, -0.05) is 25.5 Å². The molecule has 1 fully saturated rings. The maximum absolute atomic E-state index is 12.5. The Hall–Kier alpha value is -0.830. The average Bonchev–Trinajstić information content (AvgIpc) is 2.57. The molecule has 114 valence electrons. The summed E-state index contributed by atoms with van der Waals surface area (Å²) in [6.07, 6.45) is 10.7. The van der Waals surface area contributed by atoms with Crippen LogP contribution in [-0.4, -0.2) is 22.3 Å². The van der Waals surface area contributed by atoms with Gasteiger partial charge >= 0.3 is 5.97 Å². The molecule has 0 saturated heterocycles. The van der Waals surface area contributed by atoms with Crippen molar-refractivity contribution in [3.05, 3.63) is 12.2 Å². The van der Waals surface area contributed by atoms with Crippen molar-refractivity contribution < 1.29 is 14.6 Å². The maximum atomic E-state index is 12.5. The minimum absolute atomic E-state index is 0.165. The molecular formula is C17H28O3. The lowest BCUT2D eigenvalue weighted by Gasteiger charge is -2.49. The van der Waals surface area contributed by atoms with Gasteiger partial charge in [-0.05, 0) is 58.8 Å². The molecule has 2 atom stereocenters. The molecule has 0 aromatic rings. The predicted molar refractivity (Wildman–Crippen MR) is 79.3 cm³/mol. The van der Waals surface area contributed by atoms with Gasteiger partial charge in [-0.3, -0.25) is 4.79 Å². The summed E-state index contributed by atoms with van der Waals surface area (Å²) < 4.78 is 5.99. The van der Waals surface area contributed by atoms with Gasteiger partial charge in [0.05, 0.1) is 5.41 Å². The third-order valence-electron chi connectivity index (χ3n) is 5.33. The first-order chi connectivity index (χ1) is 9.35. The summed E-state index contributed by atoms with van der Waals surface area (Å²) in [5, 5.41) is 11.1. The lowest BCUT2D eigenvalue weighted by molar-refractivity contribution is -0.218. The second-order valence-electron chi connectivity index (χ2n) is 7.07. The number of rotatable bonds is 3. The van der Waals surface area contributed by atoms with Crippen LogP contribution in [0.25, 0.3) is 0 Å². The standard InChI is InChI=1S/C17H28O3/c1-4-15(2,3)14(18)20-17-12-7-5-6-10-16(17,19)11-8-9-13-17/h5-6,19H,4,7-13H2,1-3H3. The van der Waals surface area contributed by atoms with Crippen molar-refractivity contribution in [3.8, 4) is 0 Å². The molecule has 2 aliphatic carbocycles. The number of hydrogen-bond donors (Lipinski definition) is 1. The fraction of sp³-hybridized carbons (Fsp3) is 0.824. The maximum Gasteiger partial charge on any atom is 0.312 e. The molecule has 3 nitrogen and oxygen atoms in total. The highest BCUT2D eigenvalue weighted by Gasteiger charge is 2.55. The third-order valence-corrected chi connectivity index (χ3v) is 5.33. The molecule has 2 unspecified atom stereocenters. The molecule has 1 saturated carbocycles. The van der Waals surface area contributed by atoms with E-state index in [4.69, 9.17) is 4.74 Å². The van der Waals surface area contributed by atoms with Crippen LogP contribution in [0.4, 0.5) is 0 Å². The highest BCUT2D eigenvalue weighted by atomic mass is 16.6. The highest BCUT2D eigenvalue weighted by Crippen LogP contribution is 2.47. The first-order valence-corrected chi connectivity index (χ1v) is 7.96. The van der Waals surface area contributed by atoms with Gasteiger partial charge in [0.15, 0.2) is 0 Å². The van der Waals surface area contributed by atoms with E-state index in [1.54, 1.807) is 0 Å². The normalized spacial score (nSPS) is 34.2. The lowest BCUT2D eigenvalue weighted by Crippen LogP contribution is -2.59. The summed E-state index contributed by atoms with van der Waals surface area (Å²) in [4.78, 5) is 12.5. The highest BCUT2D eigenvalue weighted by molar-refractivity contribution is 5.76. The summed E-state index contributed by atoms with van der Waals surface area (Å²) >= 11 is 0. The molecule has 0 spiro atoms. The largest absolute Gasteiger partial charge is 0.456 e. The number of carbonyl (C=O) groups is 1. The predicted octanol–water partition coefficient (Wildman–Crippen LogP) is 3.75. The smallest absolute Gasteiger partial charge is 0.312 e. The van der Waals surface area contributed by atoms with E-state index in [9.17, 15) is 9.90 Å². The summed E-state index contributed by atoms with van der Waals surface area (Å²) in [7, 11) is 0. The molecule has 0 aliphatic heterocycles. The molecule has 2 rings (SSSR count). The van der Waals surface area contributed by atoms with Gasteiger partial charge in [-0.2, -0.15) is 0 Å². The molecule has 0 aromatic heterocycles. The molecule has 0 heterocycles. The quantitative estimate of drug-likeness (QED) is 0.632. The first kappa shape index (κ1) is 15.6. The van der Waals surface area contributed by atoms with E-state index in [1.807, 2.05) is 26.8 Å². The monoisotopic (exact) mass is 280 g/mol. The van der Waals surface area contributed by atoms with Crippen LogP contribution < -0.4 is 0 Å². The fourth-order valence-electron chi connectivity index (χ4n) is 3.30. The van der Waals surface area contributed by atoms with Crippen LogP contribution in [0.1, 0.15) is 72.1 Å². The van der Waals surface area contributed by atoms with E-state index < -0.39 is 16.6 Å². The minimum atomic E-state index is -0.877. The van der Waals surface area contributed by atoms with Gasteiger partial charge in [-0.15, -0.1) is 0 Å². The van der Waals surface area contributed by atoms with Crippen LogP contribution in [0.3, 0.4) is 0 Å². The van der Waals surface area contributed by atoms with Crippen molar-refractivity contribution in [1.82, 2.24) is 0 Å². The minimum Gasteiger partial charge on any atom is -0.456 e. The van der Waals surface area contributed by atoms with Gasteiger partial charge in [0.2, 0.25) is 0 Å². The zero-order valence-corrected chi connectivity index (χ0v) is 13.1. The Balaban J connectivity index is 2.26. The van der Waals surface area contributed by atoms with Crippen molar-refractivity contribution in [1.29, 1.82) is 0 Å². The molecule has 0 radical (unpaired) electrons. The summed E-state index contributed by atoms with van der Waals surface area (Å²) in [5.74, 6) is -0.165. The number of hydrogen-bond acceptors (Lipinski definition) is 3. The van der Waals surface area contributed by atoms with E-state index in [1.165, 1.54) is 0 Å². The zero-order chi connectivity index (χ0) is 14.9. The Morgan fingerprint density at radius 2 is 1.95 bits per heavy atom. The van der Waals surface area contributed by atoms with E-state index in [0.717, 1.165) is 44.9 Å². The Labute approximate surface area is 122 Å². The third kappa shape index (κ3) is 2.65. The number of carbonyl (C=O) groups excluding carboxylic acids is 1. The van der Waals surface area contributed by atoms with Crippen molar-refractivity contribution >= 4 is 5.97 Å². The lowest BCUT2D eigenvalue weighted by atomic mass is 9.68. The molecule has 2 aliphatic rings. The number of aliphatic hydroxyl groups is 1.